The van der Waals surface area contributed by atoms with Crippen LogP contribution in [-0.4, -0.2) is 19.2 Å². The number of halogens is 1. The summed E-state index contributed by atoms with van der Waals surface area (Å²) in [5, 5.41) is 8.57. The molecule has 0 saturated carbocycles. The smallest absolute Gasteiger partial charge is 0.261 e. The second-order valence-corrected chi connectivity index (χ2v) is 5.25. The van der Waals surface area contributed by atoms with Gasteiger partial charge < -0.3 is 0 Å². The van der Waals surface area contributed by atoms with Crippen molar-refractivity contribution in [3.63, 3.8) is 0 Å². The van der Waals surface area contributed by atoms with Gasteiger partial charge in [-0.05, 0) is 12.1 Å². The number of nitriles is 1. The predicted octanol–water partition coefficient (Wildman–Crippen LogP) is 1.08. The van der Waals surface area contributed by atoms with E-state index >= 15 is 0 Å². The molecular formula is C8H5ClN2O3S. The Balaban J connectivity index is 3.52. The van der Waals surface area contributed by atoms with Gasteiger partial charge in [0.1, 0.15) is 17.5 Å². The number of ketones is 1. The summed E-state index contributed by atoms with van der Waals surface area (Å²) < 4.78 is 22.0. The first kappa shape index (κ1) is 11.6. The fourth-order valence-corrected chi connectivity index (χ4v) is 1.66. The summed E-state index contributed by atoms with van der Waals surface area (Å²) in [4.78, 5) is 14.3. The van der Waals surface area contributed by atoms with Gasteiger partial charge in [0.25, 0.3) is 9.05 Å². The molecule has 1 aromatic heterocycles. The fraction of sp³-hybridized carbons (Fsp3) is 0.125. The lowest BCUT2D eigenvalue weighted by molar-refractivity contribution is 0.101. The molecule has 0 spiro atoms. The molecule has 0 unspecified atom stereocenters. The summed E-state index contributed by atoms with van der Waals surface area (Å²) in [5.74, 6) is -0.436. The van der Waals surface area contributed by atoms with Crippen molar-refractivity contribution in [2.45, 2.75) is 11.8 Å². The van der Waals surface area contributed by atoms with Gasteiger partial charge in [-0.2, -0.15) is 5.26 Å². The Bertz CT molecular complexity index is 560. The van der Waals surface area contributed by atoms with Crippen LogP contribution >= 0.6 is 10.7 Å². The minimum Gasteiger partial charge on any atom is -0.293 e. The number of rotatable bonds is 2. The Morgan fingerprint density at radius 1 is 1.53 bits per heavy atom. The highest BCUT2D eigenvalue weighted by molar-refractivity contribution is 8.13. The number of carbonyl (C=O) groups excluding carboxylic acids is 1. The van der Waals surface area contributed by atoms with Crippen LogP contribution in [-0.2, 0) is 9.05 Å². The highest BCUT2D eigenvalue weighted by atomic mass is 35.7. The van der Waals surface area contributed by atoms with Crippen LogP contribution < -0.4 is 0 Å². The van der Waals surface area contributed by atoms with Gasteiger partial charge in [0, 0.05) is 17.6 Å². The van der Waals surface area contributed by atoms with Crippen LogP contribution in [0, 0.1) is 11.3 Å². The molecule has 0 radical (unpaired) electrons. The molecule has 7 heteroatoms. The van der Waals surface area contributed by atoms with E-state index in [2.05, 4.69) is 4.98 Å². The largest absolute Gasteiger partial charge is 0.293 e. The molecule has 15 heavy (non-hydrogen) atoms. The Kier molecular flexibility index (Phi) is 3.07. The minimum absolute atomic E-state index is 0.103. The zero-order valence-electron chi connectivity index (χ0n) is 7.56. The van der Waals surface area contributed by atoms with Crippen molar-refractivity contribution in [2.75, 3.05) is 0 Å². The summed E-state index contributed by atoms with van der Waals surface area (Å²) in [6.45, 7) is 1.22. The zero-order valence-corrected chi connectivity index (χ0v) is 9.13. The maximum atomic E-state index is 11.0. The molecule has 0 aliphatic rings. The molecule has 0 aliphatic heterocycles. The highest BCUT2D eigenvalue weighted by Gasteiger charge is 2.15. The molecule has 78 valence electrons. The first-order valence-electron chi connectivity index (χ1n) is 3.72. The molecule has 5 nitrogen and oxygen atoms in total. The van der Waals surface area contributed by atoms with Crippen LogP contribution in [0.4, 0.5) is 0 Å². The molecule has 0 amide bonds. The molecule has 0 aromatic carbocycles. The first-order chi connectivity index (χ1) is 6.84. The Labute approximate surface area is 90.7 Å². The van der Waals surface area contributed by atoms with Crippen molar-refractivity contribution in [1.82, 2.24) is 4.98 Å². The van der Waals surface area contributed by atoms with E-state index in [1.54, 1.807) is 6.07 Å². The van der Waals surface area contributed by atoms with Gasteiger partial charge in [-0.1, -0.05) is 0 Å². The molecule has 0 N–H and O–H groups in total. The maximum Gasteiger partial charge on any atom is 0.261 e. The second-order valence-electron chi connectivity index (χ2n) is 2.68. The molecule has 0 saturated heterocycles. The third kappa shape index (κ3) is 2.75. The standard InChI is InChI=1S/C8H5ClN2O3S/c1-5(12)8-3-7(15(9,13)14)2-6(4-10)11-8/h2-3H,1H3. The van der Waals surface area contributed by atoms with Crippen molar-refractivity contribution in [3.8, 4) is 6.07 Å². The molecule has 0 aliphatic carbocycles. The molecule has 0 bridgehead atoms. The third-order valence-electron chi connectivity index (χ3n) is 1.56. The average Bonchev–Trinajstić information content (AvgIpc) is 2.15. The van der Waals surface area contributed by atoms with Crippen LogP contribution in [0.25, 0.3) is 0 Å². The maximum absolute atomic E-state index is 11.0. The van der Waals surface area contributed by atoms with Crippen molar-refractivity contribution in [3.05, 3.63) is 23.5 Å². The molecule has 1 heterocycles. The monoisotopic (exact) mass is 244 g/mol. The molecule has 0 fully saturated rings. The van der Waals surface area contributed by atoms with Crippen LogP contribution in [0.1, 0.15) is 23.1 Å². The topological polar surface area (TPSA) is 87.9 Å². The van der Waals surface area contributed by atoms with Crippen molar-refractivity contribution < 1.29 is 13.2 Å². The van der Waals surface area contributed by atoms with E-state index in [-0.39, 0.29) is 16.3 Å². The fourth-order valence-electron chi connectivity index (χ4n) is 0.884. The third-order valence-corrected chi connectivity index (χ3v) is 2.89. The van der Waals surface area contributed by atoms with Crippen LogP contribution in [0.3, 0.4) is 0 Å². The first-order valence-corrected chi connectivity index (χ1v) is 6.03. The lowest BCUT2D eigenvalue weighted by Gasteiger charge is -1.99. The van der Waals surface area contributed by atoms with E-state index in [9.17, 15) is 13.2 Å². The van der Waals surface area contributed by atoms with Gasteiger partial charge >= 0.3 is 0 Å². The Hall–Kier alpha value is -1.45. The van der Waals surface area contributed by atoms with Gasteiger partial charge in [-0.3, -0.25) is 4.79 Å². The van der Waals surface area contributed by atoms with Crippen molar-refractivity contribution in [2.24, 2.45) is 0 Å². The number of nitrogens with zero attached hydrogens (tertiary/aromatic N) is 2. The summed E-state index contributed by atoms with van der Waals surface area (Å²) >= 11 is 0. The van der Waals surface area contributed by atoms with E-state index in [1.165, 1.54) is 6.92 Å². The SMILES string of the molecule is CC(=O)c1cc(S(=O)(=O)Cl)cc(C#N)n1. The average molecular weight is 245 g/mol. The summed E-state index contributed by atoms with van der Waals surface area (Å²) in [6.07, 6.45) is 0. The van der Waals surface area contributed by atoms with Gasteiger partial charge in [0.05, 0.1) is 4.90 Å². The Morgan fingerprint density at radius 2 is 2.13 bits per heavy atom. The van der Waals surface area contributed by atoms with E-state index in [1.807, 2.05) is 0 Å². The minimum atomic E-state index is -3.96. The molecule has 1 rings (SSSR count). The number of pyridine rings is 1. The van der Waals surface area contributed by atoms with E-state index in [4.69, 9.17) is 15.9 Å². The molecular weight excluding hydrogens is 240 g/mol. The number of Topliss-reactive ketones (excluding diaryl/α,β-unsaturated/α-hetero) is 1. The van der Waals surface area contributed by atoms with Gasteiger partial charge in [0.2, 0.25) is 0 Å². The lowest BCUT2D eigenvalue weighted by Crippen LogP contribution is -2.02. The van der Waals surface area contributed by atoms with Gasteiger partial charge in [0.15, 0.2) is 5.78 Å². The summed E-state index contributed by atoms with van der Waals surface area (Å²) in [7, 11) is 1.13. The van der Waals surface area contributed by atoms with Crippen molar-refractivity contribution >= 4 is 25.5 Å². The molecule has 1 aromatic rings. The van der Waals surface area contributed by atoms with E-state index in [0.29, 0.717) is 0 Å². The highest BCUT2D eigenvalue weighted by Crippen LogP contribution is 2.16. The lowest BCUT2D eigenvalue weighted by atomic mass is 10.2. The predicted molar refractivity (Wildman–Crippen MR) is 52.0 cm³/mol. The van der Waals surface area contributed by atoms with Crippen molar-refractivity contribution in [1.29, 1.82) is 5.26 Å². The zero-order chi connectivity index (χ0) is 11.6. The Morgan fingerprint density at radius 3 is 2.53 bits per heavy atom. The van der Waals surface area contributed by atoms with Crippen LogP contribution in [0.5, 0.6) is 0 Å². The normalized spacial score (nSPS) is 10.7. The van der Waals surface area contributed by atoms with E-state index < -0.39 is 14.8 Å². The number of hydrogen-bond donors (Lipinski definition) is 0. The molecule has 0 atom stereocenters. The van der Waals surface area contributed by atoms with Crippen LogP contribution in [0.2, 0.25) is 0 Å². The number of hydrogen-bond acceptors (Lipinski definition) is 5. The second kappa shape index (κ2) is 3.96. The number of carbonyl (C=O) groups is 1. The number of aromatic nitrogens is 1. The van der Waals surface area contributed by atoms with Gasteiger partial charge in [-0.25, -0.2) is 13.4 Å². The summed E-state index contributed by atoms with van der Waals surface area (Å²) in [5.41, 5.74) is -0.268. The summed E-state index contributed by atoms with van der Waals surface area (Å²) in [6, 6.07) is 3.69. The quantitative estimate of drug-likeness (QED) is 0.574. The van der Waals surface area contributed by atoms with Gasteiger partial charge in [-0.15, -0.1) is 0 Å². The van der Waals surface area contributed by atoms with E-state index in [0.717, 1.165) is 12.1 Å². The van der Waals surface area contributed by atoms with Crippen LogP contribution in [0.15, 0.2) is 17.0 Å².